The van der Waals surface area contributed by atoms with Crippen molar-refractivity contribution in [1.82, 2.24) is 5.43 Å². The Hall–Kier alpha value is -3.07. The second-order valence-electron chi connectivity index (χ2n) is 4.64. The minimum absolute atomic E-state index is 0.000333. The van der Waals surface area contributed by atoms with Gasteiger partial charge >= 0.3 is 5.00 Å². The van der Waals surface area contributed by atoms with Crippen molar-refractivity contribution in [3.05, 3.63) is 57.5 Å². The molecule has 0 aliphatic rings. The third-order valence-corrected chi connectivity index (χ3v) is 3.78. The Morgan fingerprint density at radius 1 is 1.12 bits per heavy atom. The molecule has 0 aliphatic heterocycles. The second-order valence-corrected chi connectivity index (χ2v) is 5.73. The van der Waals surface area contributed by atoms with E-state index in [4.69, 9.17) is 0 Å². The Bertz CT molecular complexity index is 758. The number of rotatable bonds is 7. The first-order valence-corrected chi connectivity index (χ1v) is 7.77. The first kappa shape index (κ1) is 17.3. The predicted octanol–water partition coefficient (Wildman–Crippen LogP) is 2.53. The normalized spacial score (nSPS) is 10.5. The van der Waals surface area contributed by atoms with E-state index in [1.165, 1.54) is 18.3 Å². The molecule has 1 aromatic carbocycles. The van der Waals surface area contributed by atoms with Crippen molar-refractivity contribution in [2.75, 3.05) is 5.32 Å². The molecule has 2 N–H and O–H groups in total. The molecule has 1 heterocycles. The summed E-state index contributed by atoms with van der Waals surface area (Å²) in [5, 5.41) is 16.9. The minimum atomic E-state index is -0.494. The van der Waals surface area contributed by atoms with Crippen LogP contribution in [0.15, 0.2) is 47.6 Å². The van der Waals surface area contributed by atoms with Crippen molar-refractivity contribution < 1.29 is 14.5 Å². The number of nitrogens with zero attached hydrogens (tertiary/aromatic N) is 2. The van der Waals surface area contributed by atoms with Crippen LogP contribution in [0, 0.1) is 10.1 Å². The number of benzene rings is 1. The third-order valence-electron chi connectivity index (χ3n) is 2.81. The lowest BCUT2D eigenvalue weighted by Crippen LogP contribution is -2.20. The van der Waals surface area contributed by atoms with Crippen LogP contribution in [0.2, 0.25) is 0 Å². The number of thiophene rings is 1. The van der Waals surface area contributed by atoms with Crippen molar-refractivity contribution in [2.45, 2.75) is 12.8 Å². The van der Waals surface area contributed by atoms with Gasteiger partial charge in [-0.15, -0.1) is 0 Å². The Kier molecular flexibility index (Phi) is 6.15. The smallest absolute Gasteiger partial charge is 0.324 e. The molecule has 0 spiro atoms. The van der Waals surface area contributed by atoms with Crippen LogP contribution < -0.4 is 10.7 Å². The second kappa shape index (κ2) is 8.53. The van der Waals surface area contributed by atoms with Gasteiger partial charge in [0.15, 0.2) is 0 Å². The summed E-state index contributed by atoms with van der Waals surface area (Å²) >= 11 is 0.948. The molecule has 0 bridgehead atoms. The number of hydrogen-bond acceptors (Lipinski definition) is 6. The highest BCUT2D eigenvalue weighted by Crippen LogP contribution is 2.22. The molecule has 0 unspecified atom stereocenters. The van der Waals surface area contributed by atoms with Crippen LogP contribution in [0.3, 0.4) is 0 Å². The van der Waals surface area contributed by atoms with Crippen molar-refractivity contribution in [3.63, 3.8) is 0 Å². The summed E-state index contributed by atoms with van der Waals surface area (Å²) in [5.41, 5.74) is 2.94. The average Bonchev–Trinajstić information content (AvgIpc) is 3.03. The number of nitro groups is 1. The number of hydrazone groups is 1. The van der Waals surface area contributed by atoms with Crippen LogP contribution in [0.1, 0.15) is 17.7 Å². The van der Waals surface area contributed by atoms with Crippen LogP contribution >= 0.6 is 11.3 Å². The van der Waals surface area contributed by atoms with Crippen LogP contribution in [0.5, 0.6) is 0 Å². The van der Waals surface area contributed by atoms with E-state index in [0.29, 0.717) is 10.6 Å². The Labute approximate surface area is 141 Å². The molecular weight excluding hydrogens is 332 g/mol. The first-order chi connectivity index (χ1) is 11.5. The fourth-order valence-electron chi connectivity index (χ4n) is 1.71. The third kappa shape index (κ3) is 5.61. The predicted molar refractivity (Wildman–Crippen MR) is 91.0 cm³/mol. The van der Waals surface area contributed by atoms with Crippen LogP contribution in [-0.4, -0.2) is 23.0 Å². The number of nitrogens with one attached hydrogen (secondary N) is 2. The van der Waals surface area contributed by atoms with Gasteiger partial charge in [-0.2, -0.15) is 5.10 Å². The lowest BCUT2D eigenvalue weighted by molar-refractivity contribution is -0.380. The lowest BCUT2D eigenvalue weighted by Gasteiger charge is -2.04. The number of anilines is 1. The standard InChI is InChI=1S/C15H14N4O4S/c20-13(17-11-4-2-1-3-5-11)7-8-14(21)18-16-10-12-6-9-15(24-12)19(22)23/h1-6,9-10H,7-8H2,(H,17,20)(H,18,21)/b16-10-. The minimum Gasteiger partial charge on any atom is -0.326 e. The van der Waals surface area contributed by atoms with Gasteiger partial charge in [0.05, 0.1) is 16.0 Å². The van der Waals surface area contributed by atoms with Crippen molar-refractivity contribution >= 4 is 40.1 Å². The number of carbonyl (C=O) groups excluding carboxylic acids is 2. The molecule has 0 aliphatic carbocycles. The summed E-state index contributed by atoms with van der Waals surface area (Å²) < 4.78 is 0. The summed E-state index contributed by atoms with van der Waals surface area (Å²) in [4.78, 5) is 33.9. The van der Waals surface area contributed by atoms with E-state index >= 15 is 0 Å². The van der Waals surface area contributed by atoms with Gasteiger partial charge in [0.2, 0.25) is 11.8 Å². The molecule has 0 saturated heterocycles. The van der Waals surface area contributed by atoms with Crippen molar-refractivity contribution in [1.29, 1.82) is 0 Å². The quantitative estimate of drug-likeness (QED) is 0.455. The molecule has 2 aromatic rings. The van der Waals surface area contributed by atoms with E-state index in [2.05, 4.69) is 15.8 Å². The maximum Gasteiger partial charge on any atom is 0.324 e. The Morgan fingerprint density at radius 3 is 2.50 bits per heavy atom. The van der Waals surface area contributed by atoms with E-state index in [1.807, 2.05) is 6.07 Å². The zero-order valence-corrected chi connectivity index (χ0v) is 13.3. The lowest BCUT2D eigenvalue weighted by atomic mass is 10.2. The number of para-hydroxylation sites is 1. The molecule has 1 aromatic heterocycles. The van der Waals surface area contributed by atoms with Gasteiger partial charge in [0, 0.05) is 24.6 Å². The summed E-state index contributed by atoms with van der Waals surface area (Å²) in [5.74, 6) is -0.685. The van der Waals surface area contributed by atoms with Gasteiger partial charge in [-0.3, -0.25) is 19.7 Å². The van der Waals surface area contributed by atoms with Gasteiger partial charge in [-0.25, -0.2) is 5.43 Å². The molecule has 2 amide bonds. The fraction of sp³-hybridized carbons (Fsp3) is 0.133. The van der Waals surface area contributed by atoms with Gasteiger partial charge in [-0.1, -0.05) is 29.5 Å². The maximum atomic E-state index is 11.7. The van der Waals surface area contributed by atoms with Crippen LogP contribution in [0.4, 0.5) is 10.7 Å². The van der Waals surface area contributed by atoms with Gasteiger partial charge in [0.25, 0.3) is 0 Å². The van der Waals surface area contributed by atoms with E-state index in [1.54, 1.807) is 24.3 Å². The van der Waals surface area contributed by atoms with Gasteiger partial charge < -0.3 is 5.32 Å². The van der Waals surface area contributed by atoms with Crippen molar-refractivity contribution in [2.24, 2.45) is 5.10 Å². The van der Waals surface area contributed by atoms with Gasteiger partial charge in [0.1, 0.15) is 0 Å². The molecule has 0 radical (unpaired) electrons. The number of hydrogen-bond donors (Lipinski definition) is 2. The zero-order chi connectivity index (χ0) is 17.4. The van der Waals surface area contributed by atoms with Crippen molar-refractivity contribution in [3.8, 4) is 0 Å². The molecule has 0 fully saturated rings. The molecule has 9 heteroatoms. The van der Waals surface area contributed by atoms with E-state index in [-0.39, 0.29) is 23.7 Å². The zero-order valence-electron chi connectivity index (χ0n) is 12.5. The van der Waals surface area contributed by atoms with Crippen LogP contribution in [0.25, 0.3) is 0 Å². The van der Waals surface area contributed by atoms with Crippen LogP contribution in [-0.2, 0) is 9.59 Å². The number of carbonyl (C=O) groups is 2. The first-order valence-electron chi connectivity index (χ1n) is 6.95. The molecule has 8 nitrogen and oxygen atoms in total. The van der Waals surface area contributed by atoms with E-state index in [0.717, 1.165) is 11.3 Å². The highest BCUT2D eigenvalue weighted by Gasteiger charge is 2.09. The van der Waals surface area contributed by atoms with E-state index < -0.39 is 10.8 Å². The summed E-state index contributed by atoms with van der Waals surface area (Å²) in [6, 6.07) is 11.8. The highest BCUT2D eigenvalue weighted by molar-refractivity contribution is 7.16. The van der Waals surface area contributed by atoms with Gasteiger partial charge in [-0.05, 0) is 18.2 Å². The average molecular weight is 346 g/mol. The summed E-state index contributed by atoms with van der Waals surface area (Å²) in [6.45, 7) is 0. The topological polar surface area (TPSA) is 114 Å². The SMILES string of the molecule is O=C(CCC(=O)Nc1ccccc1)N/N=C\c1ccc([N+](=O)[O-])s1. The Morgan fingerprint density at radius 2 is 1.83 bits per heavy atom. The summed E-state index contributed by atoms with van der Waals surface area (Å²) in [7, 11) is 0. The highest BCUT2D eigenvalue weighted by atomic mass is 32.1. The molecule has 24 heavy (non-hydrogen) atoms. The largest absolute Gasteiger partial charge is 0.326 e. The molecule has 2 rings (SSSR count). The molecule has 0 saturated carbocycles. The fourth-order valence-corrected chi connectivity index (χ4v) is 2.40. The molecule has 124 valence electrons. The molecular formula is C15H14N4O4S. The summed E-state index contributed by atoms with van der Waals surface area (Å²) in [6.07, 6.45) is 1.33. The monoisotopic (exact) mass is 346 g/mol. The maximum absolute atomic E-state index is 11.7. The molecule has 0 atom stereocenters. The number of amides is 2. The van der Waals surface area contributed by atoms with E-state index in [9.17, 15) is 19.7 Å². The Balaban J connectivity index is 1.71.